The van der Waals surface area contributed by atoms with E-state index in [9.17, 15) is 0 Å². The minimum Gasteiger partial charge on any atom is -0.312 e. The molecule has 0 atom stereocenters. The van der Waals surface area contributed by atoms with Gasteiger partial charge in [0.05, 0.1) is 16.4 Å². The highest BCUT2D eigenvalue weighted by Crippen LogP contribution is 2.18. The normalized spacial score (nSPS) is 10.9. The van der Waals surface area contributed by atoms with Crippen molar-refractivity contribution in [2.45, 2.75) is 26.8 Å². The second-order valence-corrected chi connectivity index (χ2v) is 5.70. The van der Waals surface area contributed by atoms with Gasteiger partial charge < -0.3 is 5.32 Å². The second-order valence-electron chi connectivity index (χ2n) is 3.56. The van der Waals surface area contributed by atoms with Gasteiger partial charge in [-0.2, -0.15) is 0 Å². The minimum atomic E-state index is 0.870. The first-order valence-corrected chi connectivity index (χ1v) is 7.03. The fourth-order valence-electron chi connectivity index (χ4n) is 1.37. The van der Waals surface area contributed by atoms with Crippen molar-refractivity contribution in [1.82, 2.24) is 15.3 Å². The molecule has 2 aromatic rings. The molecule has 0 saturated carbocycles. The van der Waals surface area contributed by atoms with Crippen LogP contribution in [0.3, 0.4) is 0 Å². The van der Waals surface area contributed by atoms with E-state index in [0.29, 0.717) is 0 Å². The van der Waals surface area contributed by atoms with E-state index in [1.165, 1.54) is 4.88 Å². The molecule has 1 N–H and O–H groups in total. The Balaban J connectivity index is 1.97. The number of aromatic nitrogens is 2. The molecule has 0 aliphatic rings. The summed E-state index contributed by atoms with van der Waals surface area (Å²) in [5, 5.41) is 7.70. The van der Waals surface area contributed by atoms with Crippen LogP contribution in [-0.4, -0.2) is 16.5 Å². The van der Waals surface area contributed by atoms with Gasteiger partial charge in [-0.3, -0.25) is 0 Å². The third-order valence-corrected chi connectivity index (χ3v) is 4.08. The summed E-state index contributed by atoms with van der Waals surface area (Å²) < 4.78 is 0. The van der Waals surface area contributed by atoms with Crippen molar-refractivity contribution >= 4 is 22.7 Å². The van der Waals surface area contributed by atoms with Gasteiger partial charge in [0, 0.05) is 28.7 Å². The smallest absolute Gasteiger partial charge is 0.0996 e. The fourth-order valence-corrected chi connectivity index (χ4v) is 3.14. The van der Waals surface area contributed by atoms with Gasteiger partial charge in [0.25, 0.3) is 0 Å². The predicted octanol–water partition coefficient (Wildman–Crippen LogP) is 2.61. The van der Waals surface area contributed by atoms with Crippen LogP contribution in [0.4, 0.5) is 0 Å². The summed E-state index contributed by atoms with van der Waals surface area (Å²) in [4.78, 5) is 10.2. The van der Waals surface area contributed by atoms with Crippen LogP contribution in [0.25, 0.3) is 0 Å². The summed E-state index contributed by atoms with van der Waals surface area (Å²) in [5.74, 6) is 0. The number of nitrogens with zero attached hydrogens (tertiary/aromatic N) is 2. The van der Waals surface area contributed by atoms with Crippen LogP contribution >= 0.6 is 22.7 Å². The van der Waals surface area contributed by atoms with Crippen molar-refractivity contribution in [3.8, 4) is 0 Å². The SMILES string of the molecule is CCNCc1cnc(Cc2nc(C)cs2)s1. The quantitative estimate of drug-likeness (QED) is 0.890. The Bertz CT molecular complexity index is 448. The molecule has 2 aromatic heterocycles. The maximum atomic E-state index is 4.45. The predicted molar refractivity (Wildman–Crippen MR) is 69.2 cm³/mol. The molecule has 0 aliphatic heterocycles. The molecule has 0 bridgehead atoms. The first kappa shape index (κ1) is 11.7. The monoisotopic (exact) mass is 253 g/mol. The number of hydrogen-bond acceptors (Lipinski definition) is 5. The van der Waals surface area contributed by atoms with Gasteiger partial charge >= 0.3 is 0 Å². The highest BCUT2D eigenvalue weighted by molar-refractivity contribution is 7.12. The van der Waals surface area contributed by atoms with Crippen LogP contribution in [0, 0.1) is 6.92 Å². The van der Waals surface area contributed by atoms with Gasteiger partial charge in [0.15, 0.2) is 0 Å². The van der Waals surface area contributed by atoms with Crippen molar-refractivity contribution in [3.05, 3.63) is 32.2 Å². The molecule has 0 unspecified atom stereocenters. The van der Waals surface area contributed by atoms with Crippen LogP contribution in [0.2, 0.25) is 0 Å². The lowest BCUT2D eigenvalue weighted by molar-refractivity contribution is 0.734. The van der Waals surface area contributed by atoms with Gasteiger partial charge in [0.1, 0.15) is 0 Å². The molecular weight excluding hydrogens is 238 g/mol. The lowest BCUT2D eigenvalue weighted by Gasteiger charge is -1.95. The molecule has 2 rings (SSSR count). The van der Waals surface area contributed by atoms with E-state index in [4.69, 9.17) is 0 Å². The third kappa shape index (κ3) is 3.10. The third-order valence-electron chi connectivity index (χ3n) is 2.12. The number of nitrogens with one attached hydrogen (secondary N) is 1. The molecule has 3 nitrogen and oxygen atoms in total. The summed E-state index contributed by atoms with van der Waals surface area (Å²) in [6.45, 7) is 6.06. The minimum absolute atomic E-state index is 0.870. The molecule has 86 valence electrons. The van der Waals surface area contributed by atoms with Crippen LogP contribution < -0.4 is 5.32 Å². The molecule has 0 fully saturated rings. The Morgan fingerprint density at radius 3 is 2.94 bits per heavy atom. The summed E-state index contributed by atoms with van der Waals surface area (Å²) in [6, 6.07) is 0. The van der Waals surface area contributed by atoms with Gasteiger partial charge in [-0.05, 0) is 13.5 Å². The highest BCUT2D eigenvalue weighted by atomic mass is 32.1. The first-order valence-electron chi connectivity index (χ1n) is 5.33. The topological polar surface area (TPSA) is 37.8 Å². The Morgan fingerprint density at radius 2 is 2.25 bits per heavy atom. The largest absolute Gasteiger partial charge is 0.312 e. The highest BCUT2D eigenvalue weighted by Gasteiger charge is 2.05. The van der Waals surface area contributed by atoms with E-state index in [2.05, 4.69) is 27.6 Å². The van der Waals surface area contributed by atoms with E-state index in [0.717, 1.165) is 35.2 Å². The lowest BCUT2D eigenvalue weighted by atomic mass is 10.4. The van der Waals surface area contributed by atoms with E-state index in [1.807, 2.05) is 13.1 Å². The van der Waals surface area contributed by atoms with Crippen molar-refractivity contribution < 1.29 is 0 Å². The van der Waals surface area contributed by atoms with Gasteiger partial charge in [-0.25, -0.2) is 9.97 Å². The van der Waals surface area contributed by atoms with Crippen molar-refractivity contribution in [1.29, 1.82) is 0 Å². The maximum absolute atomic E-state index is 4.45. The Hall–Kier alpha value is -0.780. The molecular formula is C11H15N3S2. The van der Waals surface area contributed by atoms with Gasteiger partial charge in [-0.15, -0.1) is 22.7 Å². The van der Waals surface area contributed by atoms with Crippen LogP contribution in [0.5, 0.6) is 0 Å². The zero-order valence-electron chi connectivity index (χ0n) is 9.49. The van der Waals surface area contributed by atoms with E-state index >= 15 is 0 Å². The Morgan fingerprint density at radius 1 is 1.38 bits per heavy atom. The number of hydrogen-bond donors (Lipinski definition) is 1. The number of thiazole rings is 2. The molecule has 0 amide bonds. The summed E-state index contributed by atoms with van der Waals surface area (Å²) in [7, 11) is 0. The van der Waals surface area contributed by atoms with Gasteiger partial charge in [0.2, 0.25) is 0 Å². The molecule has 16 heavy (non-hydrogen) atoms. The number of aryl methyl sites for hydroxylation is 1. The van der Waals surface area contributed by atoms with Crippen molar-refractivity contribution in [2.24, 2.45) is 0 Å². The van der Waals surface area contributed by atoms with Crippen LogP contribution in [0.15, 0.2) is 11.6 Å². The average Bonchev–Trinajstić information content (AvgIpc) is 2.86. The zero-order chi connectivity index (χ0) is 11.4. The van der Waals surface area contributed by atoms with E-state index < -0.39 is 0 Å². The standard InChI is InChI=1S/C11H15N3S2/c1-3-12-5-9-6-13-10(16-9)4-11-14-8(2)7-15-11/h6-7,12H,3-5H2,1-2H3. The molecule has 0 aliphatic carbocycles. The zero-order valence-corrected chi connectivity index (χ0v) is 11.1. The van der Waals surface area contributed by atoms with Crippen molar-refractivity contribution in [3.63, 3.8) is 0 Å². The summed E-state index contributed by atoms with van der Waals surface area (Å²) in [5.41, 5.74) is 1.10. The van der Waals surface area contributed by atoms with Crippen LogP contribution in [-0.2, 0) is 13.0 Å². The number of rotatable bonds is 5. The molecule has 5 heteroatoms. The first-order chi connectivity index (χ1) is 7.78. The molecule has 0 saturated heterocycles. The van der Waals surface area contributed by atoms with Crippen LogP contribution in [0.1, 0.15) is 27.5 Å². The molecule has 2 heterocycles. The maximum Gasteiger partial charge on any atom is 0.0996 e. The van der Waals surface area contributed by atoms with Crippen molar-refractivity contribution in [2.75, 3.05) is 6.54 Å². The molecule has 0 aromatic carbocycles. The molecule has 0 radical (unpaired) electrons. The summed E-state index contributed by atoms with van der Waals surface area (Å²) >= 11 is 3.48. The average molecular weight is 253 g/mol. The Labute approximate surface area is 104 Å². The van der Waals surface area contributed by atoms with E-state index in [1.54, 1.807) is 22.7 Å². The van der Waals surface area contributed by atoms with E-state index in [-0.39, 0.29) is 0 Å². The second kappa shape index (κ2) is 5.52. The Kier molecular flexibility index (Phi) is 4.04. The lowest BCUT2D eigenvalue weighted by Crippen LogP contribution is -2.10. The molecule has 0 spiro atoms. The summed E-state index contributed by atoms with van der Waals surface area (Å²) in [6.07, 6.45) is 2.83. The fraction of sp³-hybridized carbons (Fsp3) is 0.455. The van der Waals surface area contributed by atoms with Gasteiger partial charge in [-0.1, -0.05) is 6.92 Å².